The lowest BCUT2D eigenvalue weighted by Gasteiger charge is -2.10. The van der Waals surface area contributed by atoms with Gasteiger partial charge in [0.15, 0.2) is 0 Å². The van der Waals surface area contributed by atoms with E-state index >= 15 is 0 Å². The number of fused-ring (bicyclic) bond motifs is 2. The van der Waals surface area contributed by atoms with Crippen molar-refractivity contribution in [1.82, 2.24) is 0 Å². The molecule has 3 heteroatoms. The van der Waals surface area contributed by atoms with E-state index in [1.165, 1.54) is 10.8 Å². The van der Waals surface area contributed by atoms with Crippen molar-refractivity contribution >= 4 is 30.6 Å². The Bertz CT molecular complexity index is 586. The van der Waals surface area contributed by atoms with Crippen LogP contribution in [0.4, 0.5) is 0 Å². The minimum Gasteiger partial charge on any atom is -0.449 e. The maximum atomic E-state index is 8.84. The number of rotatable bonds is 2. The first kappa shape index (κ1) is 8.90. The van der Waals surface area contributed by atoms with Crippen LogP contribution in [0.15, 0.2) is 42.5 Å². The van der Waals surface area contributed by atoms with Crippen molar-refractivity contribution in [2.45, 2.75) is 0 Å². The van der Waals surface area contributed by atoms with Crippen molar-refractivity contribution < 1.29 is 9.42 Å². The molecule has 0 saturated carbocycles. The Labute approximate surface area is 88.8 Å². The van der Waals surface area contributed by atoms with Gasteiger partial charge in [0, 0.05) is 5.39 Å². The van der Waals surface area contributed by atoms with E-state index in [0.717, 1.165) is 16.5 Å². The molecule has 0 saturated heterocycles. The summed E-state index contributed by atoms with van der Waals surface area (Å²) in [4.78, 5) is 8.84. The van der Waals surface area contributed by atoms with Crippen LogP contribution in [0.2, 0.25) is 0 Å². The molecule has 4 rings (SSSR count). The smallest absolute Gasteiger partial charge is 0.212 e. The highest BCUT2D eigenvalue weighted by molar-refractivity contribution is 7.25. The zero-order chi connectivity index (χ0) is 10.3. The van der Waals surface area contributed by atoms with Gasteiger partial charge in [0.1, 0.15) is 5.75 Å². The predicted molar refractivity (Wildman–Crippen MR) is 63.8 cm³/mol. The first-order valence-electron chi connectivity index (χ1n) is 4.70. The van der Waals surface area contributed by atoms with E-state index < -0.39 is 9.03 Å². The Kier molecular flexibility index (Phi) is 1.98. The lowest BCUT2D eigenvalue weighted by Crippen LogP contribution is -1.84. The minimum absolute atomic E-state index is 0.508. The standard InChI is InChI=1S/C12H9O2P/c13-15-14-11-3-1-2-10-8-4-6-9(7-5-8)12(10)11/h1-7,13,15H. The fourth-order valence-electron chi connectivity index (χ4n) is 2.02. The summed E-state index contributed by atoms with van der Waals surface area (Å²) in [6, 6.07) is 14.3. The summed E-state index contributed by atoms with van der Waals surface area (Å²) in [6.45, 7) is 0. The average molecular weight is 216 g/mol. The molecule has 0 amide bonds. The molecule has 0 aliphatic heterocycles. The zero-order valence-electron chi connectivity index (χ0n) is 7.90. The molecule has 1 unspecified atom stereocenters. The van der Waals surface area contributed by atoms with Crippen LogP contribution in [0.1, 0.15) is 0 Å². The molecule has 4 aromatic rings. The molecular weight excluding hydrogens is 207 g/mol. The van der Waals surface area contributed by atoms with Gasteiger partial charge in [0.25, 0.3) is 0 Å². The lowest BCUT2D eigenvalue weighted by atomic mass is 9.99. The summed E-state index contributed by atoms with van der Waals surface area (Å²) >= 11 is 0. The molecule has 0 aliphatic rings. The minimum atomic E-state index is -0.508. The molecule has 0 aromatic heterocycles. The maximum absolute atomic E-state index is 8.84. The SMILES string of the molecule is OPOc1cccc2c3ccc(cc3)c12. The largest absolute Gasteiger partial charge is 0.449 e. The van der Waals surface area contributed by atoms with Crippen LogP contribution >= 0.6 is 9.03 Å². The normalized spacial score (nSPS) is 12.1. The van der Waals surface area contributed by atoms with Crippen molar-refractivity contribution in [3.05, 3.63) is 42.5 Å². The molecule has 1 N–H and O–H groups in total. The second-order valence-corrected chi connectivity index (χ2v) is 3.84. The molecule has 0 heterocycles. The van der Waals surface area contributed by atoms with E-state index in [1.807, 2.05) is 12.1 Å². The third-order valence-electron chi connectivity index (χ3n) is 2.67. The summed E-state index contributed by atoms with van der Waals surface area (Å²) in [7, 11) is -0.508. The molecule has 2 nitrogen and oxygen atoms in total. The first-order chi connectivity index (χ1) is 7.40. The van der Waals surface area contributed by atoms with Gasteiger partial charge in [0.2, 0.25) is 9.03 Å². The van der Waals surface area contributed by atoms with Crippen molar-refractivity contribution in [3.8, 4) is 5.75 Å². The van der Waals surface area contributed by atoms with Gasteiger partial charge in [-0.15, -0.1) is 0 Å². The van der Waals surface area contributed by atoms with Crippen LogP contribution in [-0.4, -0.2) is 4.89 Å². The fourth-order valence-corrected chi connectivity index (χ4v) is 2.29. The van der Waals surface area contributed by atoms with E-state index in [4.69, 9.17) is 9.42 Å². The number of hydrogen-bond acceptors (Lipinski definition) is 2. The summed E-state index contributed by atoms with van der Waals surface area (Å²) in [5, 5.41) is 4.63. The van der Waals surface area contributed by atoms with Crippen molar-refractivity contribution in [3.63, 3.8) is 0 Å². The van der Waals surface area contributed by atoms with Gasteiger partial charge >= 0.3 is 0 Å². The molecule has 74 valence electrons. The molecule has 2 bridgehead atoms. The van der Waals surface area contributed by atoms with Crippen LogP contribution in [0.5, 0.6) is 5.75 Å². The van der Waals surface area contributed by atoms with Gasteiger partial charge < -0.3 is 9.42 Å². The zero-order valence-corrected chi connectivity index (χ0v) is 8.90. The van der Waals surface area contributed by atoms with E-state index in [9.17, 15) is 0 Å². The van der Waals surface area contributed by atoms with Crippen molar-refractivity contribution in [2.75, 3.05) is 0 Å². The topological polar surface area (TPSA) is 29.5 Å². The van der Waals surface area contributed by atoms with Gasteiger partial charge in [-0.1, -0.05) is 36.4 Å². The third-order valence-corrected chi connectivity index (χ3v) is 2.98. The second kappa shape index (κ2) is 3.34. The van der Waals surface area contributed by atoms with E-state index in [2.05, 4.69) is 30.3 Å². The average Bonchev–Trinajstić information content (AvgIpc) is 2.31. The Morgan fingerprint density at radius 2 is 1.67 bits per heavy atom. The summed E-state index contributed by atoms with van der Waals surface area (Å²) in [5.41, 5.74) is 0. The molecule has 0 fully saturated rings. The molecule has 0 radical (unpaired) electrons. The van der Waals surface area contributed by atoms with Crippen LogP contribution in [0, 0.1) is 0 Å². The van der Waals surface area contributed by atoms with Gasteiger partial charge in [-0.25, -0.2) is 0 Å². The predicted octanol–water partition coefficient (Wildman–Crippen LogP) is 3.31. The van der Waals surface area contributed by atoms with E-state index in [-0.39, 0.29) is 0 Å². The van der Waals surface area contributed by atoms with E-state index in [1.54, 1.807) is 0 Å². The molecule has 15 heavy (non-hydrogen) atoms. The Balaban J connectivity index is 2.44. The molecular formula is C12H9O2P. The second-order valence-electron chi connectivity index (χ2n) is 3.45. The van der Waals surface area contributed by atoms with Crippen LogP contribution in [0.25, 0.3) is 21.5 Å². The highest BCUT2D eigenvalue weighted by Gasteiger charge is 2.07. The highest BCUT2D eigenvalue weighted by atomic mass is 31.1. The maximum Gasteiger partial charge on any atom is 0.212 e. The first-order valence-corrected chi connectivity index (χ1v) is 5.55. The van der Waals surface area contributed by atoms with Crippen molar-refractivity contribution in [1.29, 1.82) is 0 Å². The van der Waals surface area contributed by atoms with Gasteiger partial charge in [0.05, 0.1) is 0 Å². The molecule has 4 aromatic carbocycles. The van der Waals surface area contributed by atoms with Crippen LogP contribution < -0.4 is 4.52 Å². The van der Waals surface area contributed by atoms with Crippen LogP contribution in [-0.2, 0) is 0 Å². The van der Waals surface area contributed by atoms with Gasteiger partial charge in [-0.05, 0) is 22.2 Å². The third kappa shape index (κ3) is 1.26. The fraction of sp³-hybridized carbons (Fsp3) is 0. The molecule has 0 spiro atoms. The summed E-state index contributed by atoms with van der Waals surface area (Å²) < 4.78 is 5.24. The monoisotopic (exact) mass is 216 g/mol. The number of benzene rings is 4. The molecule has 0 aliphatic carbocycles. The van der Waals surface area contributed by atoms with Gasteiger partial charge in [-0.2, -0.15) is 0 Å². The summed E-state index contributed by atoms with van der Waals surface area (Å²) in [6.07, 6.45) is 0. The Morgan fingerprint density at radius 3 is 2.40 bits per heavy atom. The Morgan fingerprint density at radius 1 is 0.933 bits per heavy atom. The van der Waals surface area contributed by atoms with Gasteiger partial charge in [-0.3, -0.25) is 0 Å². The lowest BCUT2D eigenvalue weighted by molar-refractivity contribution is 0.518. The quantitative estimate of drug-likeness (QED) is 0.666. The Hall–Kier alpha value is -1.37. The van der Waals surface area contributed by atoms with E-state index in [0.29, 0.717) is 0 Å². The highest BCUT2D eigenvalue weighted by Crippen LogP contribution is 2.36. The molecule has 1 atom stereocenters. The summed E-state index contributed by atoms with van der Waals surface area (Å²) in [5.74, 6) is 0.759. The van der Waals surface area contributed by atoms with Crippen molar-refractivity contribution in [2.24, 2.45) is 0 Å². The number of hydrogen-bond donors (Lipinski definition) is 1. The van der Waals surface area contributed by atoms with Crippen LogP contribution in [0.3, 0.4) is 0 Å².